The van der Waals surface area contributed by atoms with Gasteiger partial charge in [0.25, 0.3) is 0 Å². The molecule has 128 valence electrons. The quantitative estimate of drug-likeness (QED) is 0.676. The molecule has 0 radical (unpaired) electrons. The average molecular weight is 330 g/mol. The van der Waals surface area contributed by atoms with Crippen LogP contribution in [0.1, 0.15) is 18.9 Å². The molecule has 1 amide bonds. The molecule has 3 rings (SSSR count). The summed E-state index contributed by atoms with van der Waals surface area (Å²) in [5, 5.41) is 9.51. The minimum atomic E-state index is -0.920. The van der Waals surface area contributed by atoms with Gasteiger partial charge in [-0.25, -0.2) is 9.59 Å². The third kappa shape index (κ3) is 3.43. The number of ether oxygens (including phenoxy) is 1. The molecule has 1 aromatic rings. The zero-order chi connectivity index (χ0) is 17.1. The van der Waals surface area contributed by atoms with Crippen molar-refractivity contribution in [2.45, 2.75) is 32.0 Å². The number of hydrogen-bond donors (Lipinski definition) is 1. The van der Waals surface area contributed by atoms with E-state index >= 15 is 0 Å². The van der Waals surface area contributed by atoms with Crippen molar-refractivity contribution in [3.8, 4) is 0 Å². The van der Waals surface area contributed by atoms with E-state index in [0.717, 1.165) is 12.1 Å². The number of carbonyl (C=O) groups is 2. The summed E-state index contributed by atoms with van der Waals surface area (Å²) in [7, 11) is 0. The zero-order valence-electron chi connectivity index (χ0n) is 13.7. The van der Waals surface area contributed by atoms with E-state index in [1.807, 2.05) is 18.2 Å². The van der Waals surface area contributed by atoms with Crippen molar-refractivity contribution >= 4 is 12.1 Å². The Morgan fingerprint density at radius 2 is 2.04 bits per heavy atom. The van der Waals surface area contributed by atoms with E-state index in [0.29, 0.717) is 26.1 Å². The maximum atomic E-state index is 11.8. The number of amides is 1. The topological polar surface area (TPSA) is 70.1 Å². The van der Waals surface area contributed by atoms with Gasteiger partial charge in [-0.1, -0.05) is 30.3 Å². The van der Waals surface area contributed by atoms with Gasteiger partial charge in [0.05, 0.1) is 18.7 Å². The summed E-state index contributed by atoms with van der Waals surface area (Å²) in [4.78, 5) is 27.1. The lowest BCUT2D eigenvalue weighted by atomic mass is 10.1. The van der Waals surface area contributed by atoms with Gasteiger partial charge >= 0.3 is 12.1 Å². The van der Waals surface area contributed by atoms with Crippen LogP contribution in [0.5, 0.6) is 0 Å². The highest BCUT2D eigenvalue weighted by Gasteiger charge is 2.45. The molecule has 0 saturated carbocycles. The van der Waals surface area contributed by atoms with Crippen LogP contribution < -0.4 is 0 Å². The van der Waals surface area contributed by atoms with Gasteiger partial charge in [-0.15, -0.1) is 0 Å². The van der Waals surface area contributed by atoms with Crippen LogP contribution in [0, 0.1) is 0 Å². The SMILES string of the molecule is CCOC(=O)C=C1C[C@@H]2CN(Cc3ccccc3)C[C@H]1N2C(=O)O. The normalized spacial score (nSPS) is 25.0. The zero-order valence-corrected chi connectivity index (χ0v) is 13.7. The van der Waals surface area contributed by atoms with Crippen molar-refractivity contribution in [1.29, 1.82) is 0 Å². The van der Waals surface area contributed by atoms with Gasteiger partial charge in [0.1, 0.15) is 0 Å². The van der Waals surface area contributed by atoms with Crippen LogP contribution in [-0.2, 0) is 16.1 Å². The summed E-state index contributed by atoms with van der Waals surface area (Å²) in [6, 6.07) is 9.75. The maximum absolute atomic E-state index is 11.8. The standard InChI is InChI=1S/C18H22N2O4/c1-2-24-17(21)9-14-8-15-11-19(10-13-6-4-3-5-7-13)12-16(14)20(15)18(22)23/h3-7,9,15-16H,2,8,10-12H2,1H3,(H,22,23)/t15-,16-/m1/s1. The highest BCUT2D eigenvalue weighted by molar-refractivity contribution is 5.83. The van der Waals surface area contributed by atoms with E-state index in [9.17, 15) is 14.7 Å². The van der Waals surface area contributed by atoms with Crippen LogP contribution in [-0.4, -0.2) is 58.7 Å². The summed E-state index contributed by atoms with van der Waals surface area (Å²) in [6.45, 7) is 4.14. The van der Waals surface area contributed by atoms with Crippen LogP contribution in [0.2, 0.25) is 0 Å². The number of likely N-dealkylation sites (tertiary alicyclic amines) is 1. The lowest BCUT2D eigenvalue weighted by molar-refractivity contribution is -0.137. The third-order valence-electron chi connectivity index (χ3n) is 4.59. The largest absolute Gasteiger partial charge is 0.465 e. The van der Waals surface area contributed by atoms with E-state index < -0.39 is 6.09 Å². The number of fused-ring (bicyclic) bond motifs is 2. The fourth-order valence-electron chi connectivity index (χ4n) is 3.67. The van der Waals surface area contributed by atoms with Crippen LogP contribution >= 0.6 is 0 Å². The number of nitrogens with zero attached hydrogens (tertiary/aromatic N) is 2. The molecule has 2 aliphatic rings. The van der Waals surface area contributed by atoms with Crippen LogP contribution in [0.4, 0.5) is 4.79 Å². The summed E-state index contributed by atoms with van der Waals surface area (Å²) in [5.74, 6) is -0.389. The minimum Gasteiger partial charge on any atom is -0.465 e. The lowest BCUT2D eigenvalue weighted by Crippen LogP contribution is -2.55. The van der Waals surface area contributed by atoms with Gasteiger partial charge in [-0.3, -0.25) is 9.80 Å². The first-order chi connectivity index (χ1) is 11.6. The number of hydrogen-bond acceptors (Lipinski definition) is 4. The predicted molar refractivity (Wildman–Crippen MR) is 88.5 cm³/mol. The first kappa shape index (κ1) is 16.5. The lowest BCUT2D eigenvalue weighted by Gasteiger charge is -2.39. The van der Waals surface area contributed by atoms with Gasteiger partial charge in [0.15, 0.2) is 0 Å². The molecule has 2 aliphatic heterocycles. The molecule has 0 spiro atoms. The van der Waals surface area contributed by atoms with Crippen molar-refractivity contribution in [2.24, 2.45) is 0 Å². The molecule has 6 heteroatoms. The van der Waals surface area contributed by atoms with Crippen LogP contribution in [0.3, 0.4) is 0 Å². The minimum absolute atomic E-state index is 0.106. The van der Waals surface area contributed by atoms with E-state index in [1.54, 1.807) is 6.92 Å². The highest BCUT2D eigenvalue weighted by atomic mass is 16.5. The Bertz CT molecular complexity index is 644. The molecular weight excluding hydrogens is 308 g/mol. The predicted octanol–water partition coefficient (Wildman–Crippen LogP) is 2.11. The molecule has 6 nitrogen and oxygen atoms in total. The fourth-order valence-corrected chi connectivity index (χ4v) is 3.67. The molecule has 0 aliphatic carbocycles. The fraction of sp³-hybridized carbons (Fsp3) is 0.444. The van der Waals surface area contributed by atoms with E-state index in [1.165, 1.54) is 16.5 Å². The Labute approximate surface area is 141 Å². The molecular formula is C18H22N2O4. The molecule has 0 aromatic heterocycles. The Kier molecular flexibility index (Phi) is 4.85. The summed E-state index contributed by atoms with van der Waals surface area (Å²) in [6.07, 6.45) is 1.16. The molecule has 1 N–H and O–H groups in total. The Morgan fingerprint density at radius 3 is 2.71 bits per heavy atom. The molecule has 0 unspecified atom stereocenters. The smallest absolute Gasteiger partial charge is 0.408 e. The van der Waals surface area contributed by atoms with Crippen LogP contribution in [0.15, 0.2) is 42.0 Å². The molecule has 2 bridgehead atoms. The summed E-state index contributed by atoms with van der Waals surface area (Å²) >= 11 is 0. The summed E-state index contributed by atoms with van der Waals surface area (Å²) < 4.78 is 4.98. The first-order valence-corrected chi connectivity index (χ1v) is 8.23. The number of piperazine rings is 1. The number of benzene rings is 1. The highest BCUT2D eigenvalue weighted by Crippen LogP contribution is 2.35. The van der Waals surface area contributed by atoms with Gasteiger partial charge < -0.3 is 9.84 Å². The Morgan fingerprint density at radius 1 is 1.29 bits per heavy atom. The van der Waals surface area contributed by atoms with E-state index in [-0.39, 0.29) is 18.1 Å². The second-order valence-corrected chi connectivity index (χ2v) is 6.21. The van der Waals surface area contributed by atoms with Crippen LogP contribution in [0.25, 0.3) is 0 Å². The average Bonchev–Trinajstić information content (AvgIpc) is 2.76. The van der Waals surface area contributed by atoms with Gasteiger partial charge in [-0.05, 0) is 24.5 Å². The Balaban J connectivity index is 1.77. The molecule has 1 aromatic carbocycles. The van der Waals surface area contributed by atoms with E-state index in [2.05, 4.69) is 17.0 Å². The van der Waals surface area contributed by atoms with Crippen molar-refractivity contribution in [2.75, 3.05) is 19.7 Å². The number of rotatable bonds is 4. The second kappa shape index (κ2) is 7.05. The molecule has 2 saturated heterocycles. The van der Waals surface area contributed by atoms with Crippen molar-refractivity contribution in [3.05, 3.63) is 47.5 Å². The second-order valence-electron chi connectivity index (χ2n) is 6.21. The van der Waals surface area contributed by atoms with Crippen molar-refractivity contribution in [1.82, 2.24) is 9.80 Å². The number of esters is 1. The van der Waals surface area contributed by atoms with Crippen molar-refractivity contribution in [3.63, 3.8) is 0 Å². The monoisotopic (exact) mass is 330 g/mol. The van der Waals surface area contributed by atoms with E-state index in [4.69, 9.17) is 4.74 Å². The molecule has 2 atom stereocenters. The van der Waals surface area contributed by atoms with Gasteiger partial charge in [-0.2, -0.15) is 0 Å². The van der Waals surface area contributed by atoms with Crippen molar-refractivity contribution < 1.29 is 19.4 Å². The molecule has 2 heterocycles. The first-order valence-electron chi connectivity index (χ1n) is 8.23. The van der Waals surface area contributed by atoms with Gasteiger partial charge in [0, 0.05) is 25.7 Å². The molecule has 2 fully saturated rings. The maximum Gasteiger partial charge on any atom is 0.408 e. The number of carboxylic acid groups (broad SMARTS) is 1. The Hall–Kier alpha value is -2.34. The molecule has 24 heavy (non-hydrogen) atoms. The van der Waals surface area contributed by atoms with Gasteiger partial charge in [0.2, 0.25) is 0 Å². The summed E-state index contributed by atoms with van der Waals surface area (Å²) in [5.41, 5.74) is 2.06. The third-order valence-corrected chi connectivity index (χ3v) is 4.59. The number of carbonyl (C=O) groups excluding carboxylic acids is 1.